The maximum atomic E-state index is 15.7. The van der Waals surface area contributed by atoms with Crippen LogP contribution in [0.2, 0.25) is 5.15 Å². The number of carbonyl (C=O) groups excluding carboxylic acids is 2. The quantitative estimate of drug-likeness (QED) is 0.273. The summed E-state index contributed by atoms with van der Waals surface area (Å²) in [5, 5.41) is -0.330. The third-order valence-corrected chi connectivity index (χ3v) is 8.89. The number of halogens is 3. The van der Waals surface area contributed by atoms with Crippen LogP contribution < -0.4 is 19.3 Å². The summed E-state index contributed by atoms with van der Waals surface area (Å²) in [5.74, 6) is -1.29. The van der Waals surface area contributed by atoms with E-state index < -0.39 is 52.5 Å². The summed E-state index contributed by atoms with van der Waals surface area (Å²) >= 11 is 6.17. The van der Waals surface area contributed by atoms with Crippen molar-refractivity contribution >= 4 is 46.3 Å². The number of aromatic nitrogens is 5. The number of imide groups is 1. The molecule has 2 amide bonds. The van der Waals surface area contributed by atoms with Crippen LogP contribution in [-0.4, -0.2) is 98.3 Å². The highest BCUT2D eigenvalue weighted by Crippen LogP contribution is 2.42. The molecule has 0 bridgehead atoms. The third kappa shape index (κ3) is 7.18. The van der Waals surface area contributed by atoms with E-state index in [1.807, 2.05) is 0 Å². The molecule has 1 unspecified atom stereocenters. The highest BCUT2D eigenvalue weighted by molar-refractivity contribution is 6.30. The molecule has 17 heteroatoms. The number of hydrogen-bond donors (Lipinski definition) is 0. The minimum atomic E-state index is -1.08. The Labute approximate surface area is 293 Å². The van der Waals surface area contributed by atoms with Crippen molar-refractivity contribution < 1.29 is 37.3 Å². The Bertz CT molecular complexity index is 1760. The SMILES string of the molecule is C[C@H](c1nccnc1N(C(=O)OC(C)(C)C)C(=O)OC(C)(C)C)N1CCOc2nc(Cl)c(F)c3nc(OC[C@H]4C5CCCN5C[C@@H]4F)nc1c23. The van der Waals surface area contributed by atoms with E-state index in [9.17, 15) is 9.59 Å². The molecule has 6 rings (SSSR count). The van der Waals surface area contributed by atoms with Crippen molar-refractivity contribution in [3.8, 4) is 11.9 Å². The van der Waals surface area contributed by atoms with E-state index in [0.717, 1.165) is 19.4 Å². The average Bonchev–Trinajstić information content (AvgIpc) is 3.53. The lowest BCUT2D eigenvalue weighted by Gasteiger charge is -2.32. The first-order valence-electron chi connectivity index (χ1n) is 16.6. The summed E-state index contributed by atoms with van der Waals surface area (Å²) in [6, 6.07) is -0.930. The minimum absolute atomic E-state index is 0.00682. The fourth-order valence-corrected chi connectivity index (χ4v) is 6.71. The second-order valence-corrected chi connectivity index (χ2v) is 14.9. The predicted octanol–water partition coefficient (Wildman–Crippen LogP) is 6.06. The van der Waals surface area contributed by atoms with E-state index in [1.165, 1.54) is 12.4 Å². The van der Waals surface area contributed by atoms with Crippen LogP contribution in [0.1, 0.15) is 73.0 Å². The number of pyridine rings is 1. The Morgan fingerprint density at radius 3 is 2.42 bits per heavy atom. The molecule has 3 aliphatic heterocycles. The van der Waals surface area contributed by atoms with Crippen molar-refractivity contribution in [1.29, 1.82) is 0 Å². The molecule has 2 saturated heterocycles. The second-order valence-electron chi connectivity index (χ2n) is 14.5. The van der Waals surface area contributed by atoms with Crippen LogP contribution in [0.3, 0.4) is 0 Å². The minimum Gasteiger partial charge on any atom is -0.475 e. The first kappa shape index (κ1) is 35.6. The van der Waals surface area contributed by atoms with Gasteiger partial charge in [-0.05, 0) is 67.9 Å². The lowest BCUT2D eigenvalue weighted by molar-refractivity contribution is 0.0428. The Morgan fingerprint density at radius 1 is 1.06 bits per heavy atom. The average molecular weight is 719 g/mol. The molecule has 270 valence electrons. The third-order valence-electron chi connectivity index (χ3n) is 8.64. The molecule has 0 spiro atoms. The van der Waals surface area contributed by atoms with Gasteiger partial charge in [-0.15, -0.1) is 0 Å². The summed E-state index contributed by atoms with van der Waals surface area (Å²) in [6.45, 7) is 13.1. The number of anilines is 2. The maximum Gasteiger partial charge on any atom is 0.425 e. The molecule has 2 fully saturated rings. The van der Waals surface area contributed by atoms with Crippen LogP contribution in [0.15, 0.2) is 12.4 Å². The lowest BCUT2D eigenvalue weighted by Crippen LogP contribution is -2.45. The molecule has 3 aromatic rings. The summed E-state index contributed by atoms with van der Waals surface area (Å²) in [4.78, 5) is 53.7. The lowest BCUT2D eigenvalue weighted by atomic mass is 9.98. The van der Waals surface area contributed by atoms with Crippen molar-refractivity contribution in [3.05, 3.63) is 29.1 Å². The first-order valence-corrected chi connectivity index (χ1v) is 16.9. The maximum absolute atomic E-state index is 15.7. The zero-order valence-electron chi connectivity index (χ0n) is 29.1. The normalized spacial score (nSPS) is 21.3. The molecule has 0 aliphatic carbocycles. The Hall–Kier alpha value is -4.18. The van der Waals surface area contributed by atoms with Gasteiger partial charge in [0, 0.05) is 30.9 Å². The highest BCUT2D eigenvalue weighted by atomic mass is 35.5. The fraction of sp³-hybridized carbons (Fsp3) is 0.606. The molecule has 0 aromatic carbocycles. The second kappa shape index (κ2) is 13.5. The van der Waals surface area contributed by atoms with Gasteiger partial charge in [-0.3, -0.25) is 9.88 Å². The number of amides is 2. The van der Waals surface area contributed by atoms with Gasteiger partial charge in [-0.1, -0.05) is 11.6 Å². The topological polar surface area (TPSA) is 145 Å². The van der Waals surface area contributed by atoms with E-state index in [-0.39, 0.29) is 65.9 Å². The number of hydrogen-bond acceptors (Lipinski definition) is 13. The van der Waals surface area contributed by atoms with Gasteiger partial charge in [-0.2, -0.15) is 19.9 Å². The van der Waals surface area contributed by atoms with Crippen LogP contribution in [0, 0.1) is 11.7 Å². The van der Waals surface area contributed by atoms with Gasteiger partial charge in [0.15, 0.2) is 16.8 Å². The van der Waals surface area contributed by atoms with Crippen molar-refractivity contribution in [2.75, 3.05) is 42.6 Å². The molecule has 0 radical (unpaired) electrons. The summed E-state index contributed by atoms with van der Waals surface area (Å²) in [5.41, 5.74) is -1.96. The van der Waals surface area contributed by atoms with Crippen molar-refractivity contribution in [1.82, 2.24) is 29.8 Å². The number of fused-ring (bicyclic) bond motifs is 1. The molecule has 3 aliphatic rings. The number of alkyl halides is 1. The standard InChI is InChI=1S/C33H41ClF2N8O6/c1-17(23-27(38-11-10-37-23)44(30(45)49-32(2,3)4)31(46)50-33(5,6)7)43-13-14-47-28-21-24(22(36)25(34)40-28)39-29(41-26(21)43)48-16-18-19(35)15-42-12-8-9-20(18)42/h10-11,17-20H,8-9,12-16H2,1-7H3/t17-,18-,19+,20?/m1/s1. The van der Waals surface area contributed by atoms with Crippen LogP contribution in [0.5, 0.6) is 11.9 Å². The zero-order chi connectivity index (χ0) is 36.1. The van der Waals surface area contributed by atoms with Crippen molar-refractivity contribution in [3.63, 3.8) is 0 Å². The largest absolute Gasteiger partial charge is 0.475 e. The van der Waals surface area contributed by atoms with Crippen molar-refractivity contribution in [2.45, 2.75) is 90.8 Å². The van der Waals surface area contributed by atoms with Crippen molar-refractivity contribution in [2.24, 2.45) is 5.92 Å². The van der Waals surface area contributed by atoms with Gasteiger partial charge in [0.1, 0.15) is 46.4 Å². The number of carbonyl (C=O) groups is 2. The zero-order valence-corrected chi connectivity index (χ0v) is 29.8. The van der Waals surface area contributed by atoms with Gasteiger partial charge in [0.05, 0.1) is 19.2 Å². The molecule has 4 atom stereocenters. The van der Waals surface area contributed by atoms with Gasteiger partial charge in [-0.25, -0.2) is 23.4 Å². The Kier molecular flexibility index (Phi) is 9.63. The number of ether oxygens (including phenoxy) is 4. The predicted molar refractivity (Wildman–Crippen MR) is 179 cm³/mol. The van der Waals surface area contributed by atoms with Crippen LogP contribution >= 0.6 is 11.6 Å². The summed E-state index contributed by atoms with van der Waals surface area (Å²) in [7, 11) is 0. The molecular weight excluding hydrogens is 678 g/mol. The van der Waals surface area contributed by atoms with E-state index in [2.05, 4.69) is 29.8 Å². The van der Waals surface area contributed by atoms with Gasteiger partial charge < -0.3 is 23.8 Å². The van der Waals surface area contributed by atoms with Gasteiger partial charge in [0.25, 0.3) is 0 Å². The van der Waals surface area contributed by atoms with E-state index in [0.29, 0.717) is 11.4 Å². The molecule has 0 N–H and O–H groups in total. The smallest absolute Gasteiger partial charge is 0.425 e. The fourth-order valence-electron chi connectivity index (χ4n) is 6.55. The summed E-state index contributed by atoms with van der Waals surface area (Å²) < 4.78 is 53.8. The van der Waals surface area contributed by atoms with E-state index in [4.69, 9.17) is 30.5 Å². The Morgan fingerprint density at radius 2 is 1.74 bits per heavy atom. The number of nitrogens with zero attached hydrogens (tertiary/aromatic N) is 8. The monoisotopic (exact) mass is 718 g/mol. The van der Waals surface area contributed by atoms with E-state index >= 15 is 8.78 Å². The molecule has 0 saturated carbocycles. The first-order chi connectivity index (χ1) is 23.5. The van der Waals surface area contributed by atoms with Gasteiger partial charge >= 0.3 is 18.2 Å². The molecule has 14 nitrogen and oxygen atoms in total. The van der Waals surface area contributed by atoms with Crippen LogP contribution in [-0.2, 0) is 9.47 Å². The molecular formula is C33H41ClF2N8O6. The van der Waals surface area contributed by atoms with E-state index in [1.54, 1.807) is 53.4 Å². The van der Waals surface area contributed by atoms with Crippen LogP contribution in [0.4, 0.5) is 30.0 Å². The Balaban J connectivity index is 1.42. The van der Waals surface area contributed by atoms with Gasteiger partial charge in [0.2, 0.25) is 5.88 Å². The summed E-state index contributed by atoms with van der Waals surface area (Å²) in [6.07, 6.45) is 1.46. The molecule has 50 heavy (non-hydrogen) atoms. The van der Waals surface area contributed by atoms with Crippen LogP contribution in [0.25, 0.3) is 10.9 Å². The highest BCUT2D eigenvalue weighted by Gasteiger charge is 2.45. The molecule has 3 aromatic heterocycles. The number of rotatable bonds is 6. The molecule has 6 heterocycles.